The molecule has 102 valence electrons. The molecule has 0 spiro atoms. The molecule has 4 nitrogen and oxygen atoms in total. The number of fused-ring (bicyclic) bond motifs is 1. The predicted octanol–water partition coefficient (Wildman–Crippen LogP) is 0.666. The van der Waals surface area contributed by atoms with Gasteiger partial charge in [0.25, 0.3) is 0 Å². The molecule has 5 heteroatoms. The maximum absolute atomic E-state index is 12.8. The Morgan fingerprint density at radius 3 is 2.83 bits per heavy atom. The van der Waals surface area contributed by atoms with Gasteiger partial charge in [-0.15, -0.1) is 0 Å². The first-order chi connectivity index (χ1) is 8.65. The average Bonchev–Trinajstić information content (AvgIpc) is 2.34. The van der Waals surface area contributed by atoms with Gasteiger partial charge in [0, 0.05) is 25.6 Å². The number of morpholine rings is 1. The van der Waals surface area contributed by atoms with E-state index in [1.54, 1.807) is 0 Å². The van der Waals surface area contributed by atoms with Crippen LogP contribution >= 0.6 is 0 Å². The molecule has 2 heterocycles. The molecule has 2 aliphatic heterocycles. The Kier molecular flexibility index (Phi) is 3.28. The van der Waals surface area contributed by atoms with Crippen LogP contribution in [0.15, 0.2) is 0 Å². The van der Waals surface area contributed by atoms with Gasteiger partial charge in [0.05, 0.1) is 18.8 Å². The summed E-state index contributed by atoms with van der Waals surface area (Å²) in [7, 11) is 2.09. The summed E-state index contributed by atoms with van der Waals surface area (Å²) in [5, 5.41) is 0. The quantitative estimate of drug-likeness (QED) is 0.691. The minimum atomic E-state index is -0.753. The van der Waals surface area contributed by atoms with Gasteiger partial charge in [-0.05, 0) is 26.3 Å². The molecule has 0 radical (unpaired) electrons. The van der Waals surface area contributed by atoms with Crippen molar-refractivity contribution in [1.29, 1.82) is 0 Å². The normalized spacial score (nSPS) is 41.1. The SMILES string of the molecule is CN1CCO[C@H]2CCN(C(=O)C3CC(F)C3)C[C@@H]21. The van der Waals surface area contributed by atoms with Crippen molar-refractivity contribution in [2.24, 2.45) is 5.92 Å². The molecule has 0 bridgehead atoms. The van der Waals surface area contributed by atoms with Gasteiger partial charge in [-0.25, -0.2) is 4.39 Å². The van der Waals surface area contributed by atoms with Crippen molar-refractivity contribution in [3.05, 3.63) is 0 Å². The minimum absolute atomic E-state index is 0.0636. The molecule has 1 aliphatic carbocycles. The van der Waals surface area contributed by atoms with Gasteiger partial charge in [-0.3, -0.25) is 9.69 Å². The number of rotatable bonds is 1. The Morgan fingerprint density at radius 2 is 2.11 bits per heavy atom. The van der Waals surface area contributed by atoms with Gasteiger partial charge in [-0.1, -0.05) is 0 Å². The Morgan fingerprint density at radius 1 is 1.33 bits per heavy atom. The monoisotopic (exact) mass is 256 g/mol. The lowest BCUT2D eigenvalue weighted by molar-refractivity contribution is -0.149. The molecule has 0 unspecified atom stereocenters. The molecule has 0 aromatic carbocycles. The maximum atomic E-state index is 12.8. The van der Waals surface area contributed by atoms with E-state index in [4.69, 9.17) is 4.74 Å². The highest BCUT2D eigenvalue weighted by Gasteiger charge is 2.41. The summed E-state index contributed by atoms with van der Waals surface area (Å²) in [6.45, 7) is 3.23. The second-order valence-electron chi connectivity index (χ2n) is 5.80. The molecular weight excluding hydrogens is 235 g/mol. The molecular formula is C13H21FN2O2. The van der Waals surface area contributed by atoms with Crippen molar-refractivity contribution >= 4 is 5.91 Å². The summed E-state index contributed by atoms with van der Waals surface area (Å²) < 4.78 is 18.6. The Balaban J connectivity index is 1.60. The molecule has 3 fully saturated rings. The zero-order chi connectivity index (χ0) is 12.7. The molecule has 0 aromatic rings. The lowest BCUT2D eigenvalue weighted by Crippen LogP contribution is -2.60. The fourth-order valence-electron chi connectivity index (χ4n) is 3.25. The Hall–Kier alpha value is -0.680. The van der Waals surface area contributed by atoms with Crippen LogP contribution in [-0.4, -0.2) is 67.3 Å². The van der Waals surface area contributed by atoms with Crippen LogP contribution < -0.4 is 0 Å². The highest BCUT2D eigenvalue weighted by atomic mass is 19.1. The largest absolute Gasteiger partial charge is 0.375 e. The van der Waals surface area contributed by atoms with Crippen molar-refractivity contribution in [3.63, 3.8) is 0 Å². The van der Waals surface area contributed by atoms with Crippen molar-refractivity contribution in [1.82, 2.24) is 9.80 Å². The minimum Gasteiger partial charge on any atom is -0.375 e. The lowest BCUT2D eigenvalue weighted by Gasteiger charge is -2.47. The van der Waals surface area contributed by atoms with E-state index in [9.17, 15) is 9.18 Å². The number of piperidine rings is 1. The van der Waals surface area contributed by atoms with Crippen LogP contribution in [0.2, 0.25) is 0 Å². The first-order valence-electron chi connectivity index (χ1n) is 6.90. The number of alkyl halides is 1. The predicted molar refractivity (Wildman–Crippen MR) is 65.0 cm³/mol. The third-order valence-corrected chi connectivity index (χ3v) is 4.60. The molecule has 2 saturated heterocycles. The number of halogens is 1. The summed E-state index contributed by atoms with van der Waals surface area (Å²) in [5.74, 6) is 0.0905. The fourth-order valence-corrected chi connectivity index (χ4v) is 3.25. The van der Waals surface area contributed by atoms with Crippen LogP contribution in [0.4, 0.5) is 4.39 Å². The fraction of sp³-hybridized carbons (Fsp3) is 0.923. The molecule has 0 N–H and O–H groups in total. The highest BCUT2D eigenvalue weighted by Crippen LogP contribution is 2.33. The Bertz CT molecular complexity index is 333. The number of carbonyl (C=O) groups excluding carboxylic acids is 1. The van der Waals surface area contributed by atoms with E-state index in [1.165, 1.54) is 0 Å². The maximum Gasteiger partial charge on any atom is 0.225 e. The average molecular weight is 256 g/mol. The summed E-state index contributed by atoms with van der Waals surface area (Å²) in [6, 6.07) is 0.317. The third-order valence-electron chi connectivity index (χ3n) is 4.60. The van der Waals surface area contributed by atoms with Gasteiger partial charge in [-0.2, -0.15) is 0 Å². The van der Waals surface area contributed by atoms with E-state index in [0.717, 1.165) is 32.7 Å². The second-order valence-corrected chi connectivity index (χ2v) is 5.80. The number of likely N-dealkylation sites (tertiary alicyclic amines) is 1. The van der Waals surface area contributed by atoms with E-state index in [1.807, 2.05) is 4.90 Å². The van der Waals surface area contributed by atoms with Gasteiger partial charge in [0.15, 0.2) is 0 Å². The molecule has 3 rings (SSSR count). The van der Waals surface area contributed by atoms with Crippen LogP contribution in [0, 0.1) is 5.92 Å². The van der Waals surface area contributed by atoms with Crippen LogP contribution in [0.25, 0.3) is 0 Å². The molecule has 18 heavy (non-hydrogen) atoms. The van der Waals surface area contributed by atoms with Gasteiger partial charge in [0.2, 0.25) is 5.91 Å². The van der Waals surface area contributed by atoms with Crippen LogP contribution in [0.1, 0.15) is 19.3 Å². The van der Waals surface area contributed by atoms with Crippen LogP contribution in [0.3, 0.4) is 0 Å². The zero-order valence-electron chi connectivity index (χ0n) is 10.8. The topological polar surface area (TPSA) is 32.8 Å². The van der Waals surface area contributed by atoms with E-state index >= 15 is 0 Å². The molecule has 0 aromatic heterocycles. The zero-order valence-corrected chi connectivity index (χ0v) is 10.8. The highest BCUT2D eigenvalue weighted by molar-refractivity contribution is 5.80. The number of nitrogens with zero attached hydrogens (tertiary/aromatic N) is 2. The van der Waals surface area contributed by atoms with Crippen molar-refractivity contribution in [2.45, 2.75) is 37.6 Å². The van der Waals surface area contributed by atoms with Crippen molar-refractivity contribution in [3.8, 4) is 0 Å². The summed E-state index contributed by atoms with van der Waals surface area (Å²) in [6.07, 6.45) is 1.28. The second kappa shape index (κ2) is 4.78. The first kappa shape index (κ1) is 12.4. The standard InChI is InChI=1S/C13H21FN2O2/c1-15-4-5-18-12-2-3-16(8-11(12)15)13(17)9-6-10(14)7-9/h9-12H,2-8H2,1H3/t9?,10?,11-,12-/m0/s1. The van der Waals surface area contributed by atoms with Crippen LogP contribution in [0.5, 0.6) is 0 Å². The van der Waals surface area contributed by atoms with Gasteiger partial charge < -0.3 is 9.64 Å². The molecule has 1 amide bonds. The number of likely N-dealkylation sites (N-methyl/N-ethyl adjacent to an activating group) is 1. The first-order valence-corrected chi connectivity index (χ1v) is 6.90. The summed E-state index contributed by atoms with van der Waals surface area (Å²) in [4.78, 5) is 16.4. The number of hydrogen-bond donors (Lipinski definition) is 0. The molecule has 1 saturated carbocycles. The van der Waals surface area contributed by atoms with E-state index in [-0.39, 0.29) is 17.9 Å². The van der Waals surface area contributed by atoms with Crippen molar-refractivity contribution in [2.75, 3.05) is 33.3 Å². The van der Waals surface area contributed by atoms with E-state index < -0.39 is 6.17 Å². The molecule has 3 aliphatic rings. The van der Waals surface area contributed by atoms with Crippen molar-refractivity contribution < 1.29 is 13.9 Å². The van der Waals surface area contributed by atoms with Gasteiger partial charge in [0.1, 0.15) is 6.17 Å². The smallest absolute Gasteiger partial charge is 0.225 e. The number of amides is 1. The van der Waals surface area contributed by atoms with E-state index in [2.05, 4.69) is 11.9 Å². The molecule has 2 atom stereocenters. The lowest BCUT2D eigenvalue weighted by atomic mass is 9.82. The van der Waals surface area contributed by atoms with Gasteiger partial charge >= 0.3 is 0 Å². The number of carbonyl (C=O) groups is 1. The third kappa shape index (κ3) is 2.14. The van der Waals surface area contributed by atoms with E-state index in [0.29, 0.717) is 18.9 Å². The summed E-state index contributed by atoms with van der Waals surface area (Å²) >= 11 is 0. The summed E-state index contributed by atoms with van der Waals surface area (Å²) in [5.41, 5.74) is 0. The number of hydrogen-bond acceptors (Lipinski definition) is 3. The Labute approximate surface area is 107 Å². The number of ether oxygens (including phenoxy) is 1. The van der Waals surface area contributed by atoms with Crippen LogP contribution in [-0.2, 0) is 9.53 Å².